The number of carbonyl (C=O) groups is 1. The Balaban J connectivity index is 0.00000156. The van der Waals surface area contributed by atoms with Gasteiger partial charge in [0.1, 0.15) is 0 Å². The van der Waals surface area contributed by atoms with Crippen molar-refractivity contribution in [3.8, 4) is 0 Å². The van der Waals surface area contributed by atoms with Crippen molar-refractivity contribution in [1.29, 1.82) is 0 Å². The number of aryl methyl sites for hydroxylation is 1. The number of fused-ring (bicyclic) bond motifs is 2. The summed E-state index contributed by atoms with van der Waals surface area (Å²) in [6, 6.07) is 8.71. The Kier molecular flexibility index (Phi) is 4.98. The van der Waals surface area contributed by atoms with Crippen molar-refractivity contribution in [3.63, 3.8) is 0 Å². The average molecular weight is 335 g/mol. The lowest BCUT2D eigenvalue weighted by atomic mass is 9.94. The molecule has 1 aromatic rings. The van der Waals surface area contributed by atoms with E-state index >= 15 is 0 Å². The highest BCUT2D eigenvalue weighted by molar-refractivity contribution is 5.85. The molecule has 0 bridgehead atoms. The molecular formula is C19H27ClN2O. The first-order valence-electron chi connectivity index (χ1n) is 8.86. The molecule has 126 valence electrons. The van der Waals surface area contributed by atoms with Gasteiger partial charge in [-0.3, -0.25) is 4.79 Å². The van der Waals surface area contributed by atoms with Crippen LogP contribution >= 0.6 is 12.4 Å². The first-order chi connectivity index (χ1) is 10.8. The lowest BCUT2D eigenvalue weighted by Gasteiger charge is -2.22. The van der Waals surface area contributed by atoms with E-state index in [0.717, 1.165) is 51.2 Å². The molecule has 4 heteroatoms. The van der Waals surface area contributed by atoms with Gasteiger partial charge < -0.3 is 10.6 Å². The van der Waals surface area contributed by atoms with Gasteiger partial charge in [0, 0.05) is 17.9 Å². The van der Waals surface area contributed by atoms with Gasteiger partial charge in [0.25, 0.3) is 0 Å². The average Bonchev–Trinajstić information content (AvgIpc) is 3.18. The fourth-order valence-electron chi connectivity index (χ4n) is 4.63. The van der Waals surface area contributed by atoms with Crippen LogP contribution in [0.15, 0.2) is 24.3 Å². The maximum atomic E-state index is 12.5. The Labute approximate surface area is 145 Å². The quantitative estimate of drug-likeness (QED) is 0.889. The van der Waals surface area contributed by atoms with E-state index in [-0.39, 0.29) is 23.7 Å². The summed E-state index contributed by atoms with van der Waals surface area (Å²) < 4.78 is 0. The smallest absolute Gasteiger partial charge is 0.224 e. The van der Waals surface area contributed by atoms with E-state index in [1.54, 1.807) is 0 Å². The number of piperidine rings is 1. The molecule has 1 aromatic carbocycles. The van der Waals surface area contributed by atoms with Crippen LogP contribution in [0.5, 0.6) is 0 Å². The summed E-state index contributed by atoms with van der Waals surface area (Å²) in [4.78, 5) is 12.5. The predicted octanol–water partition coefficient (Wildman–Crippen LogP) is 2.82. The van der Waals surface area contributed by atoms with Crippen LogP contribution in [0.25, 0.3) is 0 Å². The number of carbonyl (C=O) groups excluding carboxylic acids is 1. The molecule has 2 N–H and O–H groups in total. The lowest BCUT2D eigenvalue weighted by Crippen LogP contribution is -2.34. The van der Waals surface area contributed by atoms with E-state index in [9.17, 15) is 4.79 Å². The zero-order chi connectivity index (χ0) is 15.0. The summed E-state index contributed by atoms with van der Waals surface area (Å²) in [5.41, 5.74) is 3.10. The summed E-state index contributed by atoms with van der Waals surface area (Å²) in [5.74, 6) is 1.26. The van der Waals surface area contributed by atoms with Gasteiger partial charge in [-0.1, -0.05) is 24.3 Å². The minimum Gasteiger partial charge on any atom is -0.356 e. The Bertz CT molecular complexity index is 570. The molecule has 4 rings (SSSR count). The normalized spacial score (nSPS) is 31.3. The van der Waals surface area contributed by atoms with E-state index in [4.69, 9.17) is 0 Å². The Morgan fingerprint density at radius 1 is 1.35 bits per heavy atom. The molecule has 2 fully saturated rings. The number of hydrogen-bond acceptors (Lipinski definition) is 2. The second kappa shape index (κ2) is 6.82. The van der Waals surface area contributed by atoms with Crippen molar-refractivity contribution in [2.24, 2.45) is 11.8 Å². The molecule has 1 amide bonds. The maximum absolute atomic E-state index is 12.5. The molecule has 1 saturated carbocycles. The fraction of sp³-hybridized carbons (Fsp3) is 0.632. The van der Waals surface area contributed by atoms with Crippen molar-refractivity contribution < 1.29 is 4.79 Å². The van der Waals surface area contributed by atoms with Crippen LogP contribution in [0.4, 0.5) is 0 Å². The van der Waals surface area contributed by atoms with Crippen molar-refractivity contribution >= 4 is 18.3 Å². The number of rotatable bonds is 4. The maximum Gasteiger partial charge on any atom is 0.224 e. The van der Waals surface area contributed by atoms with Crippen molar-refractivity contribution in [3.05, 3.63) is 35.4 Å². The van der Waals surface area contributed by atoms with E-state index in [1.165, 1.54) is 24.0 Å². The predicted molar refractivity (Wildman–Crippen MR) is 95.0 cm³/mol. The minimum absolute atomic E-state index is 0. The van der Waals surface area contributed by atoms with Gasteiger partial charge in [-0.2, -0.15) is 0 Å². The third-order valence-electron chi connectivity index (χ3n) is 6.04. The fourth-order valence-corrected chi connectivity index (χ4v) is 4.63. The Morgan fingerprint density at radius 3 is 3.04 bits per heavy atom. The first-order valence-corrected chi connectivity index (χ1v) is 8.86. The van der Waals surface area contributed by atoms with Gasteiger partial charge in [-0.25, -0.2) is 0 Å². The number of nitrogens with one attached hydrogen (secondary N) is 2. The van der Waals surface area contributed by atoms with Gasteiger partial charge in [0.05, 0.1) is 0 Å². The molecule has 2 aliphatic carbocycles. The molecule has 3 aliphatic rings. The van der Waals surface area contributed by atoms with Crippen LogP contribution in [-0.4, -0.2) is 25.5 Å². The molecule has 0 aromatic heterocycles. The van der Waals surface area contributed by atoms with Crippen LogP contribution in [0, 0.1) is 11.8 Å². The number of amides is 1. The highest BCUT2D eigenvalue weighted by atomic mass is 35.5. The van der Waals surface area contributed by atoms with Crippen molar-refractivity contribution in [2.45, 2.75) is 43.9 Å². The minimum atomic E-state index is 0. The zero-order valence-corrected chi connectivity index (χ0v) is 14.5. The van der Waals surface area contributed by atoms with Gasteiger partial charge in [-0.15, -0.1) is 12.4 Å². The summed E-state index contributed by atoms with van der Waals surface area (Å²) in [5, 5.41) is 6.65. The van der Waals surface area contributed by atoms with E-state index in [1.807, 2.05) is 0 Å². The summed E-state index contributed by atoms with van der Waals surface area (Å²) in [6.45, 7) is 3.13. The van der Waals surface area contributed by atoms with Crippen LogP contribution in [-0.2, 0) is 16.6 Å². The third kappa shape index (κ3) is 3.14. The van der Waals surface area contributed by atoms with Gasteiger partial charge in [-0.05, 0) is 68.7 Å². The molecule has 1 heterocycles. The second-order valence-electron chi connectivity index (χ2n) is 7.36. The monoisotopic (exact) mass is 334 g/mol. The zero-order valence-electron chi connectivity index (χ0n) is 13.6. The van der Waals surface area contributed by atoms with Crippen molar-refractivity contribution in [1.82, 2.24) is 10.6 Å². The first kappa shape index (κ1) is 16.8. The second-order valence-corrected chi connectivity index (χ2v) is 7.36. The number of halogens is 1. The number of benzene rings is 1. The Morgan fingerprint density at radius 2 is 2.22 bits per heavy atom. The van der Waals surface area contributed by atoms with E-state index in [0.29, 0.717) is 5.91 Å². The van der Waals surface area contributed by atoms with E-state index < -0.39 is 0 Å². The SMILES string of the molecule is Cl.O=C(NCCC1CCCNC1)C1CC12CCc1ccccc12. The molecular weight excluding hydrogens is 308 g/mol. The summed E-state index contributed by atoms with van der Waals surface area (Å²) >= 11 is 0. The molecule has 3 atom stereocenters. The highest BCUT2D eigenvalue weighted by Crippen LogP contribution is 2.61. The van der Waals surface area contributed by atoms with Gasteiger partial charge in [0.15, 0.2) is 0 Å². The Hall–Kier alpha value is -1.06. The highest BCUT2D eigenvalue weighted by Gasteiger charge is 2.61. The summed E-state index contributed by atoms with van der Waals surface area (Å²) in [6.07, 6.45) is 7.07. The molecule has 1 saturated heterocycles. The van der Waals surface area contributed by atoms with Crippen LogP contribution < -0.4 is 10.6 Å². The van der Waals surface area contributed by atoms with Gasteiger partial charge >= 0.3 is 0 Å². The molecule has 3 nitrogen and oxygen atoms in total. The molecule has 1 aliphatic heterocycles. The van der Waals surface area contributed by atoms with E-state index in [2.05, 4.69) is 34.9 Å². The summed E-state index contributed by atoms with van der Waals surface area (Å²) in [7, 11) is 0. The lowest BCUT2D eigenvalue weighted by molar-refractivity contribution is -0.122. The van der Waals surface area contributed by atoms with Crippen molar-refractivity contribution in [2.75, 3.05) is 19.6 Å². The topological polar surface area (TPSA) is 41.1 Å². The molecule has 3 unspecified atom stereocenters. The van der Waals surface area contributed by atoms with Crippen LogP contribution in [0.3, 0.4) is 0 Å². The largest absolute Gasteiger partial charge is 0.356 e. The number of hydrogen-bond donors (Lipinski definition) is 2. The molecule has 1 spiro atoms. The third-order valence-corrected chi connectivity index (χ3v) is 6.04. The molecule has 23 heavy (non-hydrogen) atoms. The standard InChI is InChI=1S/C19H26N2O.ClH/c22-18(21-11-8-14-4-3-10-20-13-14)17-12-19(17)9-7-15-5-1-2-6-16(15)19;/h1-2,5-6,14,17,20H,3-4,7-13H2,(H,21,22);1H. The van der Waals surface area contributed by atoms with Gasteiger partial charge in [0.2, 0.25) is 5.91 Å². The van der Waals surface area contributed by atoms with Crippen LogP contribution in [0.2, 0.25) is 0 Å². The van der Waals surface area contributed by atoms with Crippen LogP contribution in [0.1, 0.15) is 43.2 Å². The molecule has 0 radical (unpaired) electrons.